The highest BCUT2D eigenvalue weighted by atomic mass is 16.5. The molecule has 9 heteroatoms. The molecule has 2 rings (SSSR count). The fourth-order valence-corrected chi connectivity index (χ4v) is 1.96. The zero-order chi connectivity index (χ0) is 14.9. The Morgan fingerprint density at radius 1 is 1.40 bits per heavy atom. The van der Waals surface area contributed by atoms with Gasteiger partial charge in [-0.3, -0.25) is 9.59 Å². The minimum atomic E-state index is -1.47. The lowest BCUT2D eigenvalue weighted by atomic mass is 9.72. The molecule has 8 nitrogen and oxygen atoms in total. The van der Waals surface area contributed by atoms with E-state index in [0.717, 1.165) is 0 Å². The summed E-state index contributed by atoms with van der Waals surface area (Å²) in [6, 6.07) is 4.48. The molecular weight excluding hydrogens is 267 g/mol. The van der Waals surface area contributed by atoms with Crippen molar-refractivity contribution in [2.24, 2.45) is 5.73 Å². The molecule has 0 spiro atoms. The van der Waals surface area contributed by atoms with Gasteiger partial charge in [0.15, 0.2) is 0 Å². The van der Waals surface area contributed by atoms with Gasteiger partial charge in [-0.15, -0.1) is 0 Å². The minimum Gasteiger partial charge on any atom is -0.534 e. The molecule has 1 heterocycles. The summed E-state index contributed by atoms with van der Waals surface area (Å²) >= 11 is 0. The number of hydrogen-bond acceptors (Lipinski definition) is 5. The van der Waals surface area contributed by atoms with Crippen LogP contribution in [0.5, 0.6) is 5.75 Å². The van der Waals surface area contributed by atoms with E-state index in [9.17, 15) is 19.4 Å². The molecule has 1 aromatic carbocycles. The Hall–Kier alpha value is -2.55. The number of primary amides is 1. The maximum Gasteiger partial charge on any atom is 0.547 e. The first-order valence-electron chi connectivity index (χ1n) is 5.70. The summed E-state index contributed by atoms with van der Waals surface area (Å²) in [6.45, 7) is 0. The van der Waals surface area contributed by atoms with Gasteiger partial charge < -0.3 is 25.8 Å². The number of carbonyl (C=O) groups is 3. The number of nitrogens with one attached hydrogen (secondary N) is 1. The van der Waals surface area contributed by atoms with Gasteiger partial charge in [0.1, 0.15) is 5.75 Å². The van der Waals surface area contributed by atoms with Gasteiger partial charge in [-0.25, -0.2) is 4.79 Å². The number of carbonyl (C=O) groups excluding carboxylic acids is 2. The third-order valence-electron chi connectivity index (χ3n) is 2.89. The Labute approximate surface area is 113 Å². The van der Waals surface area contributed by atoms with Crippen LogP contribution in [0, 0.1) is 0 Å². The Balaban J connectivity index is 2.26. The number of benzene rings is 1. The number of hydrogen-bond donors (Lipinski definition) is 4. The van der Waals surface area contributed by atoms with Crippen LogP contribution >= 0.6 is 0 Å². The van der Waals surface area contributed by atoms with Crippen molar-refractivity contribution in [2.75, 3.05) is 0 Å². The molecule has 104 valence electrons. The van der Waals surface area contributed by atoms with Crippen molar-refractivity contribution in [3.05, 3.63) is 29.3 Å². The van der Waals surface area contributed by atoms with E-state index >= 15 is 0 Å². The van der Waals surface area contributed by atoms with Gasteiger partial charge in [0, 0.05) is 0 Å². The van der Waals surface area contributed by atoms with E-state index in [-0.39, 0.29) is 17.7 Å². The third kappa shape index (κ3) is 2.57. The predicted molar refractivity (Wildman–Crippen MR) is 66.8 cm³/mol. The van der Waals surface area contributed by atoms with Gasteiger partial charge in [-0.2, -0.15) is 0 Å². The predicted octanol–water partition coefficient (Wildman–Crippen LogP) is -1.69. The molecular formula is C11H11BN2O6. The van der Waals surface area contributed by atoms with Crippen LogP contribution in [-0.2, 0) is 16.0 Å². The van der Waals surface area contributed by atoms with E-state index in [1.54, 1.807) is 6.07 Å². The lowest BCUT2D eigenvalue weighted by molar-refractivity contribution is -0.137. The smallest absolute Gasteiger partial charge is 0.534 e. The molecule has 0 saturated heterocycles. The average Bonchev–Trinajstić information content (AvgIpc) is 2.38. The number of rotatable bonds is 2. The highest BCUT2D eigenvalue weighted by Gasteiger charge is 2.38. The molecule has 2 amide bonds. The van der Waals surface area contributed by atoms with Crippen molar-refractivity contribution < 1.29 is 29.2 Å². The van der Waals surface area contributed by atoms with E-state index < -0.39 is 30.8 Å². The molecule has 5 N–H and O–H groups in total. The monoisotopic (exact) mass is 278 g/mol. The highest BCUT2D eigenvalue weighted by Crippen LogP contribution is 2.29. The fraction of sp³-hybridized carbons (Fsp3) is 0.182. The molecule has 0 saturated carbocycles. The standard InChI is InChI=1S/C11H11BN2O6/c13-9(15)10(16)14-7-4-5-2-1-3-6(11(17)18)8(5)20-12(7)19/h1-3,7,19H,4H2,(H2,13,15)(H,14,16)(H,17,18). The Morgan fingerprint density at radius 3 is 2.70 bits per heavy atom. The van der Waals surface area contributed by atoms with Crippen LogP contribution in [0.2, 0.25) is 0 Å². The highest BCUT2D eigenvalue weighted by molar-refractivity contribution is 6.48. The zero-order valence-corrected chi connectivity index (χ0v) is 10.2. The number of carboxylic acid groups (broad SMARTS) is 1. The van der Waals surface area contributed by atoms with Crippen molar-refractivity contribution in [1.29, 1.82) is 0 Å². The van der Waals surface area contributed by atoms with Crippen LogP contribution in [0.15, 0.2) is 18.2 Å². The van der Waals surface area contributed by atoms with Crippen LogP contribution in [-0.4, -0.2) is 41.0 Å². The summed E-state index contributed by atoms with van der Waals surface area (Å²) in [5.74, 6) is -4.24. The summed E-state index contributed by atoms with van der Waals surface area (Å²) in [5.41, 5.74) is 5.23. The SMILES string of the molecule is NC(=O)C(=O)NC1Cc2cccc(C(=O)O)c2OB1O. The second-order valence-corrected chi connectivity index (χ2v) is 4.26. The average molecular weight is 278 g/mol. The normalized spacial score (nSPS) is 16.9. The second-order valence-electron chi connectivity index (χ2n) is 4.26. The number of carboxylic acids is 1. The Bertz CT molecular complexity index is 590. The van der Waals surface area contributed by atoms with E-state index in [2.05, 4.69) is 5.32 Å². The summed E-state index contributed by atoms with van der Waals surface area (Å²) in [5, 5.41) is 21.0. The molecule has 0 aliphatic carbocycles. The number of nitrogens with two attached hydrogens (primary N) is 1. The van der Waals surface area contributed by atoms with Crippen molar-refractivity contribution >= 4 is 24.9 Å². The lowest BCUT2D eigenvalue weighted by Crippen LogP contribution is -2.55. The van der Waals surface area contributed by atoms with Crippen molar-refractivity contribution in [3.8, 4) is 5.75 Å². The van der Waals surface area contributed by atoms with E-state index in [1.165, 1.54) is 12.1 Å². The van der Waals surface area contributed by atoms with E-state index in [0.29, 0.717) is 5.56 Å². The van der Waals surface area contributed by atoms with Gasteiger partial charge in [0.2, 0.25) is 0 Å². The first-order chi connectivity index (χ1) is 9.40. The maximum atomic E-state index is 11.2. The lowest BCUT2D eigenvalue weighted by Gasteiger charge is -2.28. The number of amides is 2. The molecule has 0 bridgehead atoms. The fourth-order valence-electron chi connectivity index (χ4n) is 1.96. The van der Waals surface area contributed by atoms with Gasteiger partial charge in [-0.05, 0) is 18.1 Å². The topological polar surface area (TPSA) is 139 Å². The van der Waals surface area contributed by atoms with Crippen LogP contribution in [0.25, 0.3) is 0 Å². The van der Waals surface area contributed by atoms with Crippen molar-refractivity contribution in [1.82, 2.24) is 5.32 Å². The molecule has 0 aromatic heterocycles. The van der Waals surface area contributed by atoms with Crippen LogP contribution in [0.4, 0.5) is 0 Å². The first kappa shape index (κ1) is 13.9. The van der Waals surface area contributed by atoms with Crippen LogP contribution < -0.4 is 15.7 Å². The first-order valence-corrected chi connectivity index (χ1v) is 5.70. The number of fused-ring (bicyclic) bond motifs is 1. The summed E-state index contributed by atoms with van der Waals surface area (Å²) < 4.78 is 5.13. The molecule has 20 heavy (non-hydrogen) atoms. The maximum absolute atomic E-state index is 11.2. The van der Waals surface area contributed by atoms with Gasteiger partial charge in [0.05, 0.1) is 11.5 Å². The number of para-hydroxylation sites is 1. The van der Waals surface area contributed by atoms with Gasteiger partial charge in [-0.1, -0.05) is 12.1 Å². The third-order valence-corrected chi connectivity index (χ3v) is 2.89. The minimum absolute atomic E-state index is 0.0528. The summed E-state index contributed by atoms with van der Waals surface area (Å²) in [6.07, 6.45) is 0.122. The molecule has 0 fully saturated rings. The molecule has 1 aliphatic rings. The second kappa shape index (κ2) is 5.21. The van der Waals surface area contributed by atoms with Crippen LogP contribution in [0.3, 0.4) is 0 Å². The van der Waals surface area contributed by atoms with E-state index in [4.69, 9.17) is 15.5 Å². The van der Waals surface area contributed by atoms with Crippen molar-refractivity contribution in [3.63, 3.8) is 0 Å². The zero-order valence-electron chi connectivity index (χ0n) is 10.2. The number of aromatic carboxylic acids is 1. The van der Waals surface area contributed by atoms with Crippen molar-refractivity contribution in [2.45, 2.75) is 12.4 Å². The van der Waals surface area contributed by atoms with Gasteiger partial charge >= 0.3 is 24.9 Å². The summed E-state index contributed by atoms with van der Waals surface area (Å²) in [4.78, 5) is 32.9. The molecule has 1 atom stereocenters. The largest absolute Gasteiger partial charge is 0.547 e. The molecule has 1 unspecified atom stereocenters. The molecule has 1 aliphatic heterocycles. The summed E-state index contributed by atoms with van der Waals surface area (Å²) in [7, 11) is -1.47. The van der Waals surface area contributed by atoms with Gasteiger partial charge in [0.25, 0.3) is 0 Å². The molecule has 0 radical (unpaired) electrons. The molecule has 1 aromatic rings. The Morgan fingerprint density at radius 2 is 2.10 bits per heavy atom. The van der Waals surface area contributed by atoms with E-state index in [1.807, 2.05) is 0 Å². The quantitative estimate of drug-likeness (QED) is 0.376. The Kier molecular flexibility index (Phi) is 3.62. The van der Waals surface area contributed by atoms with Crippen LogP contribution in [0.1, 0.15) is 15.9 Å².